The average molecular weight is 367 g/mol. The van der Waals surface area contributed by atoms with E-state index in [1.54, 1.807) is 37.3 Å². The quantitative estimate of drug-likeness (QED) is 0.195. The first-order valence-electron chi connectivity index (χ1n) is 7.38. The fourth-order valence-corrected chi connectivity index (χ4v) is 2.24. The Bertz CT molecular complexity index is 738. The number of ether oxygens (including phenoxy) is 2. The van der Waals surface area contributed by atoms with Crippen LogP contribution in [0, 0.1) is 0 Å². The summed E-state index contributed by atoms with van der Waals surface area (Å²) in [5.74, 6) is 4.85. The van der Waals surface area contributed by atoms with Crippen molar-refractivity contribution in [3.63, 3.8) is 0 Å². The van der Waals surface area contributed by atoms with Crippen LogP contribution in [0.15, 0.2) is 42.5 Å². The number of carbonyl (C=O) groups is 1. The Balaban J connectivity index is 1.96. The van der Waals surface area contributed by atoms with E-state index < -0.39 is 11.5 Å². The average Bonchev–Trinajstić information content (AvgIpc) is 2.59. The highest BCUT2D eigenvalue weighted by atomic mass is 35.5. The summed E-state index contributed by atoms with van der Waals surface area (Å²) in [5.41, 5.74) is 1.77. The van der Waals surface area contributed by atoms with Crippen molar-refractivity contribution >= 4 is 17.6 Å². The lowest BCUT2D eigenvalue weighted by Crippen LogP contribution is -2.55. The lowest BCUT2D eigenvalue weighted by Gasteiger charge is -2.26. The number of esters is 1. The van der Waals surface area contributed by atoms with E-state index in [-0.39, 0.29) is 24.7 Å². The molecule has 0 bridgehead atoms. The molecule has 5 N–H and O–H groups in total. The minimum atomic E-state index is -1.24. The first-order valence-corrected chi connectivity index (χ1v) is 7.76. The first kappa shape index (κ1) is 18.9. The lowest BCUT2D eigenvalue weighted by atomic mass is 9.93. The van der Waals surface area contributed by atoms with Gasteiger partial charge < -0.3 is 19.7 Å². The summed E-state index contributed by atoms with van der Waals surface area (Å²) in [7, 11) is 0. The Morgan fingerprint density at radius 2 is 1.88 bits per heavy atom. The van der Waals surface area contributed by atoms with Crippen molar-refractivity contribution < 1.29 is 24.5 Å². The minimum absolute atomic E-state index is 0.136. The van der Waals surface area contributed by atoms with Gasteiger partial charge in [-0.15, -0.1) is 0 Å². The molecule has 0 radical (unpaired) electrons. The summed E-state index contributed by atoms with van der Waals surface area (Å²) >= 11 is 5.78. The number of hydrogen-bond acceptors (Lipinski definition) is 7. The number of nitrogens with two attached hydrogens (primary N) is 1. The SMILES string of the molecule is CC(Cc1ccc(O)c(O)c1)(NN)C(=O)OCOc1ccc(Cl)cc1. The molecule has 134 valence electrons. The molecule has 1 unspecified atom stereocenters. The second-order valence-corrected chi connectivity index (χ2v) is 6.06. The number of halogens is 1. The van der Waals surface area contributed by atoms with Gasteiger partial charge in [-0.25, -0.2) is 10.2 Å². The van der Waals surface area contributed by atoms with E-state index >= 15 is 0 Å². The van der Waals surface area contributed by atoms with E-state index in [1.165, 1.54) is 12.1 Å². The molecule has 1 atom stereocenters. The van der Waals surface area contributed by atoms with Gasteiger partial charge in [0.2, 0.25) is 6.79 Å². The largest absolute Gasteiger partial charge is 0.504 e. The number of phenols is 2. The maximum atomic E-state index is 12.3. The molecule has 0 heterocycles. The zero-order valence-corrected chi connectivity index (χ0v) is 14.3. The van der Waals surface area contributed by atoms with Crippen LogP contribution in [0.4, 0.5) is 0 Å². The fourth-order valence-electron chi connectivity index (χ4n) is 2.11. The zero-order chi connectivity index (χ0) is 18.4. The predicted molar refractivity (Wildman–Crippen MR) is 92.2 cm³/mol. The second kappa shape index (κ2) is 8.06. The second-order valence-electron chi connectivity index (χ2n) is 5.62. The molecule has 2 aromatic rings. The highest BCUT2D eigenvalue weighted by molar-refractivity contribution is 6.30. The predicted octanol–water partition coefficient (Wildman–Crippen LogP) is 2.10. The van der Waals surface area contributed by atoms with Crippen LogP contribution in [0.25, 0.3) is 0 Å². The molecule has 0 saturated heterocycles. The summed E-state index contributed by atoms with van der Waals surface area (Å²) in [6.07, 6.45) is 0.136. The van der Waals surface area contributed by atoms with Crippen molar-refractivity contribution in [3.8, 4) is 17.2 Å². The molecular formula is C17H19ClN2O5. The fraction of sp³-hybridized carbons (Fsp3) is 0.235. The van der Waals surface area contributed by atoms with Gasteiger partial charge in [-0.3, -0.25) is 5.84 Å². The zero-order valence-electron chi connectivity index (χ0n) is 13.5. The summed E-state index contributed by atoms with van der Waals surface area (Å²) in [6.45, 7) is 1.26. The lowest BCUT2D eigenvalue weighted by molar-refractivity contribution is -0.157. The Labute approximate surface area is 149 Å². The van der Waals surface area contributed by atoms with Crippen LogP contribution in [0.1, 0.15) is 12.5 Å². The smallest absolute Gasteiger partial charge is 0.330 e. The van der Waals surface area contributed by atoms with E-state index in [1.807, 2.05) is 0 Å². The van der Waals surface area contributed by atoms with E-state index in [4.69, 9.17) is 26.9 Å². The molecule has 0 amide bonds. The molecule has 2 rings (SSSR count). The number of hydrogen-bond donors (Lipinski definition) is 4. The Hall–Kier alpha value is -2.48. The number of hydrazine groups is 1. The molecule has 0 saturated carbocycles. The molecule has 0 aliphatic carbocycles. The van der Waals surface area contributed by atoms with Gasteiger partial charge in [-0.2, -0.15) is 0 Å². The molecule has 0 spiro atoms. The number of aromatic hydroxyl groups is 2. The van der Waals surface area contributed by atoms with Gasteiger partial charge in [-0.05, 0) is 48.9 Å². The monoisotopic (exact) mass is 366 g/mol. The number of rotatable bonds is 7. The number of carbonyl (C=O) groups excluding carboxylic acids is 1. The maximum absolute atomic E-state index is 12.3. The topological polar surface area (TPSA) is 114 Å². The summed E-state index contributed by atoms with van der Waals surface area (Å²) in [4.78, 5) is 12.3. The van der Waals surface area contributed by atoms with Crippen LogP contribution in [0.3, 0.4) is 0 Å². The third-order valence-electron chi connectivity index (χ3n) is 3.60. The van der Waals surface area contributed by atoms with Gasteiger partial charge in [0.15, 0.2) is 11.5 Å². The highest BCUT2D eigenvalue weighted by Gasteiger charge is 2.34. The molecule has 0 aliphatic rings. The summed E-state index contributed by atoms with van der Waals surface area (Å²) < 4.78 is 10.4. The Morgan fingerprint density at radius 3 is 2.48 bits per heavy atom. The number of benzene rings is 2. The van der Waals surface area contributed by atoms with Crippen molar-refractivity contribution in [2.75, 3.05) is 6.79 Å². The van der Waals surface area contributed by atoms with Crippen LogP contribution in [-0.4, -0.2) is 28.5 Å². The van der Waals surface area contributed by atoms with Crippen LogP contribution < -0.4 is 16.0 Å². The van der Waals surface area contributed by atoms with Crippen molar-refractivity contribution in [2.24, 2.45) is 5.84 Å². The maximum Gasteiger partial charge on any atom is 0.330 e. The minimum Gasteiger partial charge on any atom is -0.504 e. The normalized spacial score (nSPS) is 13.1. The highest BCUT2D eigenvalue weighted by Crippen LogP contribution is 2.27. The van der Waals surface area contributed by atoms with Gasteiger partial charge in [0.25, 0.3) is 0 Å². The van der Waals surface area contributed by atoms with Crippen LogP contribution in [-0.2, 0) is 16.0 Å². The van der Waals surface area contributed by atoms with E-state index in [0.717, 1.165) is 0 Å². The van der Waals surface area contributed by atoms with Gasteiger partial charge in [0.05, 0.1) is 0 Å². The summed E-state index contributed by atoms with van der Waals surface area (Å²) in [5, 5.41) is 19.5. The molecular weight excluding hydrogens is 348 g/mol. The van der Waals surface area contributed by atoms with Crippen molar-refractivity contribution in [1.29, 1.82) is 0 Å². The molecule has 2 aromatic carbocycles. The summed E-state index contributed by atoms with van der Waals surface area (Å²) in [6, 6.07) is 10.9. The third kappa shape index (κ3) is 4.99. The van der Waals surface area contributed by atoms with Crippen molar-refractivity contribution in [3.05, 3.63) is 53.1 Å². The number of phenolic OH excluding ortho intramolecular Hbond substituents is 2. The molecule has 0 aromatic heterocycles. The van der Waals surface area contributed by atoms with E-state index in [0.29, 0.717) is 16.3 Å². The molecule has 8 heteroatoms. The van der Waals surface area contributed by atoms with Gasteiger partial charge in [0, 0.05) is 11.4 Å². The van der Waals surface area contributed by atoms with E-state index in [9.17, 15) is 15.0 Å². The first-order chi connectivity index (χ1) is 11.8. The van der Waals surface area contributed by atoms with Gasteiger partial charge in [-0.1, -0.05) is 17.7 Å². The molecule has 7 nitrogen and oxygen atoms in total. The Kier molecular flexibility index (Phi) is 6.08. The molecule has 0 aliphatic heterocycles. The van der Waals surface area contributed by atoms with E-state index in [2.05, 4.69) is 5.43 Å². The van der Waals surface area contributed by atoms with Crippen LogP contribution >= 0.6 is 11.6 Å². The van der Waals surface area contributed by atoms with Gasteiger partial charge in [0.1, 0.15) is 11.3 Å². The Morgan fingerprint density at radius 1 is 1.20 bits per heavy atom. The number of nitrogens with one attached hydrogen (secondary N) is 1. The molecule has 25 heavy (non-hydrogen) atoms. The third-order valence-corrected chi connectivity index (χ3v) is 3.85. The van der Waals surface area contributed by atoms with Crippen LogP contribution in [0.2, 0.25) is 5.02 Å². The van der Waals surface area contributed by atoms with Crippen LogP contribution in [0.5, 0.6) is 17.2 Å². The standard InChI is InChI=1S/C17H19ClN2O5/c1-17(20-19,9-11-2-7-14(21)15(22)8-11)16(23)25-10-24-13-5-3-12(18)4-6-13/h2-8,20-22H,9-10,19H2,1H3. The van der Waals surface area contributed by atoms with Crippen molar-refractivity contribution in [1.82, 2.24) is 5.43 Å². The van der Waals surface area contributed by atoms with Crippen molar-refractivity contribution in [2.45, 2.75) is 18.9 Å². The molecule has 0 fully saturated rings. The van der Waals surface area contributed by atoms with Gasteiger partial charge >= 0.3 is 5.97 Å².